The van der Waals surface area contributed by atoms with Gasteiger partial charge in [0.05, 0.1) is 0 Å². The molecule has 3 aromatic rings. The highest BCUT2D eigenvalue weighted by molar-refractivity contribution is 5.92. The topological polar surface area (TPSA) is 76.1 Å². The minimum absolute atomic E-state index is 0.0410. The van der Waals surface area contributed by atoms with Crippen LogP contribution in [0, 0.1) is 27.7 Å². The molecule has 0 fully saturated rings. The molecular formula is C22H24N4O2. The lowest BCUT2D eigenvalue weighted by Crippen LogP contribution is -2.20. The Morgan fingerprint density at radius 3 is 2.25 bits per heavy atom. The summed E-state index contributed by atoms with van der Waals surface area (Å²) in [7, 11) is 0. The Hall–Kier alpha value is -3.41. The van der Waals surface area contributed by atoms with E-state index in [0.29, 0.717) is 11.6 Å². The van der Waals surface area contributed by atoms with Crippen molar-refractivity contribution in [1.29, 1.82) is 0 Å². The van der Waals surface area contributed by atoms with Crippen LogP contribution in [-0.4, -0.2) is 22.5 Å². The minimum Gasteiger partial charge on any atom is -0.483 e. The van der Waals surface area contributed by atoms with Gasteiger partial charge in [-0.2, -0.15) is 0 Å². The maximum Gasteiger partial charge on any atom is 0.262 e. The van der Waals surface area contributed by atoms with Gasteiger partial charge in [-0.15, -0.1) is 0 Å². The van der Waals surface area contributed by atoms with Crippen molar-refractivity contribution in [2.45, 2.75) is 27.7 Å². The average Bonchev–Trinajstić information content (AvgIpc) is 2.64. The van der Waals surface area contributed by atoms with E-state index in [1.165, 1.54) is 0 Å². The summed E-state index contributed by atoms with van der Waals surface area (Å²) in [4.78, 5) is 20.9. The van der Waals surface area contributed by atoms with Crippen LogP contribution in [0.2, 0.25) is 0 Å². The molecule has 0 bridgehead atoms. The highest BCUT2D eigenvalue weighted by Crippen LogP contribution is 2.21. The van der Waals surface area contributed by atoms with Crippen molar-refractivity contribution in [3.63, 3.8) is 0 Å². The van der Waals surface area contributed by atoms with E-state index in [2.05, 4.69) is 20.6 Å². The Kier molecular flexibility index (Phi) is 5.89. The Balaban J connectivity index is 1.56. The fraction of sp³-hybridized carbons (Fsp3) is 0.227. The quantitative estimate of drug-likeness (QED) is 0.664. The van der Waals surface area contributed by atoms with Gasteiger partial charge >= 0.3 is 0 Å². The van der Waals surface area contributed by atoms with E-state index < -0.39 is 0 Å². The average molecular weight is 376 g/mol. The number of ether oxygens (including phenoxy) is 1. The predicted octanol–water partition coefficient (Wildman–Crippen LogP) is 4.47. The molecule has 0 aliphatic heterocycles. The normalized spacial score (nSPS) is 10.4. The molecule has 1 aromatic heterocycles. The molecule has 0 saturated heterocycles. The maximum atomic E-state index is 12.2. The van der Waals surface area contributed by atoms with E-state index in [1.54, 1.807) is 0 Å². The van der Waals surface area contributed by atoms with Gasteiger partial charge in [-0.3, -0.25) is 4.79 Å². The van der Waals surface area contributed by atoms with Gasteiger partial charge < -0.3 is 15.4 Å². The summed E-state index contributed by atoms with van der Waals surface area (Å²) < 4.78 is 5.64. The number of nitrogens with one attached hydrogen (secondary N) is 2. The lowest BCUT2D eigenvalue weighted by Gasteiger charge is -2.11. The Morgan fingerprint density at radius 1 is 0.929 bits per heavy atom. The number of hydrogen-bond donors (Lipinski definition) is 2. The predicted molar refractivity (Wildman–Crippen MR) is 111 cm³/mol. The van der Waals surface area contributed by atoms with Crippen molar-refractivity contribution in [3.8, 4) is 5.75 Å². The summed E-state index contributed by atoms with van der Waals surface area (Å²) in [6, 6.07) is 15.1. The standard InChI is InChI=1S/C22H24N4O2/c1-14-6-5-7-20(17(14)4)28-13-21(27)25-18-8-10-19(11-9-18)26-22-23-15(2)12-16(3)24-22/h5-12H,13H2,1-4H3,(H,25,27)(H,23,24,26). The monoisotopic (exact) mass is 376 g/mol. The van der Waals surface area contributed by atoms with Gasteiger partial charge in [0.25, 0.3) is 5.91 Å². The van der Waals surface area contributed by atoms with Crippen LogP contribution in [0.4, 0.5) is 17.3 Å². The molecule has 0 saturated carbocycles. The largest absolute Gasteiger partial charge is 0.483 e. The minimum atomic E-state index is -0.209. The van der Waals surface area contributed by atoms with E-state index in [-0.39, 0.29) is 12.5 Å². The smallest absolute Gasteiger partial charge is 0.262 e. The number of nitrogens with zero attached hydrogens (tertiary/aromatic N) is 2. The third-order valence-corrected chi connectivity index (χ3v) is 4.32. The molecule has 2 N–H and O–H groups in total. The van der Waals surface area contributed by atoms with Gasteiger partial charge in [-0.05, 0) is 75.2 Å². The molecule has 0 atom stereocenters. The molecule has 1 heterocycles. The number of anilines is 3. The van der Waals surface area contributed by atoms with E-state index >= 15 is 0 Å². The van der Waals surface area contributed by atoms with E-state index in [0.717, 1.165) is 34.0 Å². The Morgan fingerprint density at radius 2 is 1.57 bits per heavy atom. The number of carbonyl (C=O) groups is 1. The molecule has 144 valence electrons. The first-order chi connectivity index (χ1) is 13.4. The van der Waals surface area contributed by atoms with Crippen molar-refractivity contribution >= 4 is 23.2 Å². The van der Waals surface area contributed by atoms with Crippen LogP contribution in [0.25, 0.3) is 0 Å². The van der Waals surface area contributed by atoms with Crippen molar-refractivity contribution in [1.82, 2.24) is 9.97 Å². The summed E-state index contributed by atoms with van der Waals surface area (Å²) in [5.41, 5.74) is 5.52. The van der Waals surface area contributed by atoms with Gasteiger partial charge in [-0.25, -0.2) is 9.97 Å². The highest BCUT2D eigenvalue weighted by atomic mass is 16.5. The molecule has 0 spiro atoms. The molecule has 3 rings (SSSR count). The highest BCUT2D eigenvalue weighted by Gasteiger charge is 2.07. The zero-order valence-corrected chi connectivity index (χ0v) is 16.5. The first-order valence-corrected chi connectivity index (χ1v) is 9.09. The number of aryl methyl sites for hydroxylation is 3. The second-order valence-electron chi connectivity index (χ2n) is 6.71. The van der Waals surface area contributed by atoms with Crippen LogP contribution in [-0.2, 0) is 4.79 Å². The summed E-state index contributed by atoms with van der Waals surface area (Å²) >= 11 is 0. The molecule has 6 nitrogen and oxygen atoms in total. The fourth-order valence-electron chi connectivity index (χ4n) is 2.77. The summed E-state index contributed by atoms with van der Waals surface area (Å²) in [6.07, 6.45) is 0. The molecule has 1 amide bonds. The molecular weight excluding hydrogens is 352 g/mol. The number of aromatic nitrogens is 2. The van der Waals surface area contributed by atoms with E-state index in [1.807, 2.05) is 76.2 Å². The number of amides is 1. The lowest BCUT2D eigenvalue weighted by molar-refractivity contribution is -0.118. The molecule has 0 unspecified atom stereocenters. The molecule has 2 aromatic carbocycles. The third kappa shape index (κ3) is 5.07. The van der Waals surface area contributed by atoms with Gasteiger partial charge in [-0.1, -0.05) is 12.1 Å². The number of hydrogen-bond acceptors (Lipinski definition) is 5. The summed E-state index contributed by atoms with van der Waals surface area (Å²) in [5, 5.41) is 6.00. The van der Waals surface area contributed by atoms with Crippen LogP contribution >= 0.6 is 0 Å². The van der Waals surface area contributed by atoms with Crippen LogP contribution in [0.3, 0.4) is 0 Å². The van der Waals surface area contributed by atoms with Crippen LogP contribution < -0.4 is 15.4 Å². The van der Waals surface area contributed by atoms with Crippen LogP contribution in [0.1, 0.15) is 22.5 Å². The SMILES string of the molecule is Cc1cc(C)nc(Nc2ccc(NC(=O)COc3cccc(C)c3C)cc2)n1. The zero-order valence-electron chi connectivity index (χ0n) is 16.5. The van der Waals surface area contributed by atoms with E-state index in [4.69, 9.17) is 4.74 Å². The van der Waals surface area contributed by atoms with Crippen LogP contribution in [0.5, 0.6) is 5.75 Å². The Labute approximate surface area is 165 Å². The first kappa shape index (κ1) is 19.4. The van der Waals surface area contributed by atoms with Crippen molar-refractivity contribution < 1.29 is 9.53 Å². The van der Waals surface area contributed by atoms with Gasteiger partial charge in [0, 0.05) is 22.8 Å². The van der Waals surface area contributed by atoms with Gasteiger partial charge in [0.2, 0.25) is 5.95 Å². The van der Waals surface area contributed by atoms with Crippen molar-refractivity contribution in [3.05, 3.63) is 71.0 Å². The molecule has 28 heavy (non-hydrogen) atoms. The zero-order chi connectivity index (χ0) is 20.1. The van der Waals surface area contributed by atoms with Crippen LogP contribution in [0.15, 0.2) is 48.5 Å². The Bertz CT molecular complexity index is 964. The second-order valence-corrected chi connectivity index (χ2v) is 6.71. The number of benzene rings is 2. The fourth-order valence-corrected chi connectivity index (χ4v) is 2.77. The van der Waals surface area contributed by atoms with E-state index in [9.17, 15) is 4.79 Å². The van der Waals surface area contributed by atoms with Crippen molar-refractivity contribution in [2.24, 2.45) is 0 Å². The summed E-state index contributed by atoms with van der Waals surface area (Å²) in [5.74, 6) is 1.07. The maximum absolute atomic E-state index is 12.2. The number of rotatable bonds is 6. The third-order valence-electron chi connectivity index (χ3n) is 4.32. The first-order valence-electron chi connectivity index (χ1n) is 9.09. The van der Waals surface area contributed by atoms with Crippen molar-refractivity contribution in [2.75, 3.05) is 17.2 Å². The van der Waals surface area contributed by atoms with Gasteiger partial charge in [0.1, 0.15) is 5.75 Å². The molecule has 0 aliphatic rings. The molecule has 0 aliphatic carbocycles. The second kappa shape index (κ2) is 8.52. The molecule has 6 heteroatoms. The molecule has 0 radical (unpaired) electrons. The summed E-state index contributed by atoms with van der Waals surface area (Å²) in [6.45, 7) is 7.81. The number of carbonyl (C=O) groups excluding carboxylic acids is 1. The lowest BCUT2D eigenvalue weighted by atomic mass is 10.1. The van der Waals surface area contributed by atoms with Gasteiger partial charge in [0.15, 0.2) is 6.61 Å².